The Morgan fingerprint density at radius 1 is 1.03 bits per heavy atom. The average molecular weight is 528 g/mol. The molecule has 0 aliphatic heterocycles. The van der Waals surface area contributed by atoms with Gasteiger partial charge >= 0.3 is 12.1 Å². The summed E-state index contributed by atoms with van der Waals surface area (Å²) in [6.45, 7) is 0.580. The Kier molecular flexibility index (Phi) is 8.31. The predicted molar refractivity (Wildman–Crippen MR) is 136 cm³/mol. The minimum absolute atomic E-state index is 0.0327. The van der Waals surface area contributed by atoms with Gasteiger partial charge < -0.3 is 20.1 Å². The van der Waals surface area contributed by atoms with E-state index >= 15 is 0 Å². The summed E-state index contributed by atoms with van der Waals surface area (Å²) in [5, 5.41) is 11.3. The van der Waals surface area contributed by atoms with Crippen LogP contribution in [0.1, 0.15) is 40.7 Å². The van der Waals surface area contributed by atoms with Crippen LogP contribution in [0.5, 0.6) is 0 Å². The fourth-order valence-electron chi connectivity index (χ4n) is 4.31. The van der Waals surface area contributed by atoms with Crippen molar-refractivity contribution in [1.29, 1.82) is 0 Å². The Labute approximate surface area is 218 Å². The fraction of sp³-hybridized carbons (Fsp3) is 0.321. The van der Waals surface area contributed by atoms with E-state index in [4.69, 9.17) is 9.84 Å². The second kappa shape index (κ2) is 11.6. The summed E-state index contributed by atoms with van der Waals surface area (Å²) in [4.78, 5) is 29.6. The number of nitrogens with zero attached hydrogens (tertiary/aromatic N) is 2. The van der Waals surface area contributed by atoms with E-state index in [2.05, 4.69) is 15.2 Å². The molecule has 2 N–H and O–H groups in total. The number of hydrogen-bond donors (Lipinski definition) is 2. The van der Waals surface area contributed by atoms with E-state index in [1.807, 2.05) is 24.3 Å². The molecule has 0 bridgehead atoms. The normalized spacial score (nSPS) is 16.9. The molecular weight excluding hydrogens is 499 g/mol. The highest BCUT2D eigenvalue weighted by Gasteiger charge is 2.34. The maximum Gasteiger partial charge on any atom is 0.416 e. The number of amides is 1. The van der Waals surface area contributed by atoms with E-state index < -0.39 is 23.6 Å². The van der Waals surface area contributed by atoms with Gasteiger partial charge in [0, 0.05) is 32.4 Å². The Morgan fingerprint density at radius 3 is 2.18 bits per heavy atom. The molecule has 1 aliphatic rings. The third-order valence-electron chi connectivity index (χ3n) is 6.63. The van der Waals surface area contributed by atoms with Crippen LogP contribution in [0.2, 0.25) is 0 Å². The minimum Gasteiger partial charge on any atom is -0.481 e. The van der Waals surface area contributed by atoms with Crippen molar-refractivity contribution in [3.05, 3.63) is 83.6 Å². The molecule has 2 aromatic carbocycles. The number of benzene rings is 2. The molecule has 7 nitrogen and oxygen atoms in total. The molecule has 1 saturated carbocycles. The van der Waals surface area contributed by atoms with E-state index in [0.717, 1.165) is 36.1 Å². The van der Waals surface area contributed by atoms with Crippen LogP contribution in [-0.4, -0.2) is 47.8 Å². The number of carboxylic acids is 1. The summed E-state index contributed by atoms with van der Waals surface area (Å²) in [5.41, 5.74) is 2.16. The molecule has 1 fully saturated rings. The second-order valence-electron chi connectivity index (χ2n) is 9.19. The number of carboxylic acid groups (broad SMARTS) is 1. The van der Waals surface area contributed by atoms with Gasteiger partial charge in [0.2, 0.25) is 0 Å². The third-order valence-corrected chi connectivity index (χ3v) is 6.63. The van der Waals surface area contributed by atoms with Gasteiger partial charge in [-0.3, -0.25) is 9.59 Å². The lowest BCUT2D eigenvalue weighted by Gasteiger charge is -2.43. The molecule has 200 valence electrons. The Balaban J connectivity index is 1.47. The number of hydrogen-bond acceptors (Lipinski definition) is 5. The summed E-state index contributed by atoms with van der Waals surface area (Å²) < 4.78 is 44.0. The monoisotopic (exact) mass is 527 g/mol. The highest BCUT2D eigenvalue weighted by molar-refractivity contribution is 5.94. The summed E-state index contributed by atoms with van der Waals surface area (Å²) in [6, 6.07) is 16.4. The maximum atomic E-state index is 12.9. The smallest absolute Gasteiger partial charge is 0.416 e. The Bertz CT molecular complexity index is 1240. The molecule has 0 spiro atoms. The zero-order chi connectivity index (χ0) is 27.3. The van der Waals surface area contributed by atoms with Crippen LogP contribution in [-0.2, 0) is 22.3 Å². The van der Waals surface area contributed by atoms with E-state index in [-0.39, 0.29) is 25.1 Å². The van der Waals surface area contributed by atoms with Crippen LogP contribution in [0, 0.1) is 0 Å². The summed E-state index contributed by atoms with van der Waals surface area (Å²) in [5.74, 6) is -0.686. The topological polar surface area (TPSA) is 91.8 Å². The van der Waals surface area contributed by atoms with Crippen molar-refractivity contribution >= 4 is 17.7 Å². The summed E-state index contributed by atoms with van der Waals surface area (Å²) in [7, 11) is 1.68. The van der Waals surface area contributed by atoms with Gasteiger partial charge in [-0.15, -0.1) is 0 Å². The first-order chi connectivity index (χ1) is 18.1. The molecule has 3 aromatic rings. The van der Waals surface area contributed by atoms with Gasteiger partial charge in [0.15, 0.2) is 0 Å². The molecule has 1 aliphatic carbocycles. The van der Waals surface area contributed by atoms with Crippen LogP contribution >= 0.6 is 0 Å². The number of carbonyl (C=O) groups is 2. The molecule has 1 amide bonds. The fourth-order valence-corrected chi connectivity index (χ4v) is 4.31. The number of pyridine rings is 1. The molecule has 1 heterocycles. The van der Waals surface area contributed by atoms with Crippen LogP contribution in [0.25, 0.3) is 11.1 Å². The molecular formula is C28H28F3N3O4. The lowest BCUT2D eigenvalue weighted by Crippen LogP contribution is -2.48. The zero-order valence-electron chi connectivity index (χ0n) is 20.7. The van der Waals surface area contributed by atoms with Crippen molar-refractivity contribution in [1.82, 2.24) is 10.3 Å². The number of anilines is 1. The highest BCUT2D eigenvalue weighted by Crippen LogP contribution is 2.33. The van der Waals surface area contributed by atoms with E-state index in [9.17, 15) is 22.8 Å². The average Bonchev–Trinajstić information content (AvgIpc) is 2.87. The zero-order valence-corrected chi connectivity index (χ0v) is 20.7. The van der Waals surface area contributed by atoms with E-state index in [1.54, 1.807) is 19.2 Å². The number of alkyl halides is 3. The maximum absolute atomic E-state index is 12.9. The molecule has 38 heavy (non-hydrogen) atoms. The molecule has 1 aromatic heterocycles. The van der Waals surface area contributed by atoms with Crippen molar-refractivity contribution in [2.24, 2.45) is 0 Å². The van der Waals surface area contributed by atoms with E-state index in [1.165, 1.54) is 18.3 Å². The Morgan fingerprint density at radius 2 is 1.66 bits per heavy atom. The SMILES string of the molecule is COC1CC(N(Cc2ccc(-c3ccc(C(F)(F)F)cc3)cc2)c2ccc(C(=O)NCCC(=O)O)cn2)C1. The van der Waals surface area contributed by atoms with Gasteiger partial charge in [-0.2, -0.15) is 13.2 Å². The summed E-state index contributed by atoms with van der Waals surface area (Å²) >= 11 is 0. The molecule has 10 heteroatoms. The molecule has 0 radical (unpaired) electrons. The number of aromatic nitrogens is 1. The lowest BCUT2D eigenvalue weighted by molar-refractivity contribution is -0.138. The van der Waals surface area contributed by atoms with Crippen LogP contribution in [0.3, 0.4) is 0 Å². The standard InChI is InChI=1S/C28H28F3N3O4/c1-38-24-14-23(15-24)34(25-11-8-21(16-33-25)27(37)32-13-12-26(35)36)17-18-2-4-19(5-3-18)20-6-9-22(10-7-20)28(29,30)31/h2-11,16,23-24H,12-15,17H2,1H3,(H,32,37)(H,35,36). The number of rotatable bonds is 10. The number of methoxy groups -OCH3 is 1. The first-order valence-electron chi connectivity index (χ1n) is 12.2. The van der Waals surface area contributed by atoms with E-state index in [0.29, 0.717) is 23.5 Å². The van der Waals surface area contributed by atoms with Gasteiger partial charge in [-0.1, -0.05) is 36.4 Å². The van der Waals surface area contributed by atoms with Gasteiger partial charge in [0.1, 0.15) is 5.82 Å². The van der Waals surface area contributed by atoms with Gasteiger partial charge in [0.05, 0.1) is 23.7 Å². The van der Waals surface area contributed by atoms with Crippen molar-refractivity contribution < 1.29 is 32.6 Å². The number of nitrogens with one attached hydrogen (secondary N) is 1. The number of halogens is 3. The Hall–Kier alpha value is -3.92. The lowest BCUT2D eigenvalue weighted by atomic mass is 9.87. The van der Waals surface area contributed by atoms with Crippen LogP contribution in [0.4, 0.5) is 19.0 Å². The predicted octanol–water partition coefficient (Wildman–Crippen LogP) is 5.16. The third kappa shape index (κ3) is 6.69. The van der Waals surface area contributed by atoms with Gasteiger partial charge in [-0.25, -0.2) is 4.98 Å². The van der Waals surface area contributed by atoms with Crippen molar-refractivity contribution in [2.75, 3.05) is 18.6 Å². The number of aliphatic carboxylic acids is 1. The highest BCUT2D eigenvalue weighted by atomic mass is 19.4. The molecule has 0 saturated heterocycles. The molecule has 4 rings (SSSR count). The molecule has 0 atom stereocenters. The number of ether oxygens (including phenoxy) is 1. The first kappa shape index (κ1) is 27.1. The quantitative estimate of drug-likeness (QED) is 0.379. The van der Waals surface area contributed by atoms with Crippen molar-refractivity contribution in [2.45, 2.75) is 44.1 Å². The molecule has 0 unspecified atom stereocenters. The van der Waals surface area contributed by atoms with Gasteiger partial charge in [-0.05, 0) is 53.8 Å². The second-order valence-corrected chi connectivity index (χ2v) is 9.19. The van der Waals surface area contributed by atoms with Crippen LogP contribution in [0.15, 0.2) is 66.9 Å². The van der Waals surface area contributed by atoms with Crippen LogP contribution < -0.4 is 10.2 Å². The van der Waals surface area contributed by atoms with Crippen molar-refractivity contribution in [3.8, 4) is 11.1 Å². The largest absolute Gasteiger partial charge is 0.481 e. The summed E-state index contributed by atoms with van der Waals surface area (Å²) in [6.07, 6.45) is -1.22. The number of carbonyl (C=O) groups excluding carboxylic acids is 1. The minimum atomic E-state index is -4.37. The van der Waals surface area contributed by atoms with Crippen molar-refractivity contribution in [3.63, 3.8) is 0 Å². The van der Waals surface area contributed by atoms with Gasteiger partial charge in [0.25, 0.3) is 5.91 Å². The first-order valence-corrected chi connectivity index (χ1v) is 12.2.